The van der Waals surface area contributed by atoms with Gasteiger partial charge in [0.1, 0.15) is 5.82 Å². The Kier molecular flexibility index (Phi) is 5.58. The molecule has 1 saturated carbocycles. The molecule has 134 valence electrons. The molecule has 0 aromatic carbocycles. The number of aromatic nitrogens is 3. The van der Waals surface area contributed by atoms with Crippen LogP contribution in [0.1, 0.15) is 57.2 Å². The Labute approximate surface area is 143 Å². The Morgan fingerprint density at radius 3 is 2.79 bits per heavy atom. The van der Waals surface area contributed by atoms with E-state index < -0.39 is 0 Å². The van der Waals surface area contributed by atoms with Crippen LogP contribution >= 0.6 is 0 Å². The molecule has 0 atom stereocenters. The summed E-state index contributed by atoms with van der Waals surface area (Å²) in [6.45, 7) is 1.92. The van der Waals surface area contributed by atoms with Gasteiger partial charge >= 0.3 is 11.7 Å². The van der Waals surface area contributed by atoms with Crippen LogP contribution in [-0.2, 0) is 19.5 Å². The van der Waals surface area contributed by atoms with Gasteiger partial charge in [-0.3, -0.25) is 4.57 Å². The molecule has 24 heavy (non-hydrogen) atoms. The number of fused-ring (bicyclic) bond motifs is 1. The van der Waals surface area contributed by atoms with Gasteiger partial charge in [0.15, 0.2) is 0 Å². The summed E-state index contributed by atoms with van der Waals surface area (Å²) in [5.41, 5.74) is -0.00431. The Morgan fingerprint density at radius 2 is 2.04 bits per heavy atom. The fourth-order valence-corrected chi connectivity index (χ4v) is 3.78. The van der Waals surface area contributed by atoms with Crippen LogP contribution in [0.15, 0.2) is 4.79 Å². The SMILES string of the molecule is CN(C(=O)NCCCn1nc2n(c1=O)CCCC2)C1CCCCC1. The second kappa shape index (κ2) is 7.85. The van der Waals surface area contributed by atoms with Crippen LogP contribution < -0.4 is 11.0 Å². The van der Waals surface area contributed by atoms with Gasteiger partial charge in [0, 0.05) is 39.1 Å². The Balaban J connectivity index is 1.43. The van der Waals surface area contributed by atoms with E-state index in [0.717, 1.165) is 50.9 Å². The molecule has 1 fully saturated rings. The molecule has 1 aromatic heterocycles. The third-order valence-corrected chi connectivity index (χ3v) is 5.30. The molecule has 1 aliphatic heterocycles. The molecule has 7 nitrogen and oxygen atoms in total. The van der Waals surface area contributed by atoms with Gasteiger partial charge in [0.2, 0.25) is 0 Å². The van der Waals surface area contributed by atoms with E-state index in [1.165, 1.54) is 19.3 Å². The maximum Gasteiger partial charge on any atom is 0.345 e. The Bertz CT molecular complexity index is 615. The van der Waals surface area contributed by atoms with Crippen molar-refractivity contribution in [1.29, 1.82) is 0 Å². The summed E-state index contributed by atoms with van der Waals surface area (Å²) in [6.07, 6.45) is 9.73. The molecule has 1 aromatic rings. The number of nitrogens with one attached hydrogen (secondary N) is 1. The third-order valence-electron chi connectivity index (χ3n) is 5.30. The number of carbonyl (C=O) groups excluding carboxylic acids is 1. The molecule has 2 amide bonds. The monoisotopic (exact) mass is 335 g/mol. The maximum atomic E-state index is 12.2. The zero-order chi connectivity index (χ0) is 16.9. The van der Waals surface area contributed by atoms with Gasteiger partial charge in [-0.2, -0.15) is 5.10 Å². The van der Waals surface area contributed by atoms with Crippen LogP contribution in [0, 0.1) is 0 Å². The maximum absolute atomic E-state index is 12.2. The minimum atomic E-state index is -0.00431. The minimum Gasteiger partial charge on any atom is -0.338 e. The highest BCUT2D eigenvalue weighted by molar-refractivity contribution is 5.74. The predicted octanol–water partition coefficient (Wildman–Crippen LogP) is 1.75. The lowest BCUT2D eigenvalue weighted by atomic mass is 9.95. The summed E-state index contributed by atoms with van der Waals surface area (Å²) in [4.78, 5) is 26.3. The highest BCUT2D eigenvalue weighted by Gasteiger charge is 2.21. The second-order valence-electron chi connectivity index (χ2n) is 7.02. The van der Waals surface area contributed by atoms with E-state index in [1.54, 1.807) is 9.25 Å². The zero-order valence-corrected chi connectivity index (χ0v) is 14.7. The molecular formula is C17H29N5O2. The molecule has 1 N–H and O–H groups in total. The van der Waals surface area contributed by atoms with Crippen molar-refractivity contribution in [3.05, 3.63) is 16.3 Å². The van der Waals surface area contributed by atoms with Crippen molar-refractivity contribution in [2.45, 2.75) is 76.9 Å². The van der Waals surface area contributed by atoms with Gasteiger partial charge in [-0.05, 0) is 32.1 Å². The summed E-state index contributed by atoms with van der Waals surface area (Å²) < 4.78 is 3.34. The van der Waals surface area contributed by atoms with E-state index >= 15 is 0 Å². The van der Waals surface area contributed by atoms with Crippen LogP contribution in [-0.4, -0.2) is 44.9 Å². The average Bonchev–Trinajstić information content (AvgIpc) is 2.95. The van der Waals surface area contributed by atoms with Crippen molar-refractivity contribution in [2.75, 3.05) is 13.6 Å². The summed E-state index contributed by atoms with van der Waals surface area (Å²) in [7, 11) is 1.89. The second-order valence-corrected chi connectivity index (χ2v) is 7.02. The Hall–Kier alpha value is -1.79. The van der Waals surface area contributed by atoms with Gasteiger partial charge in [-0.25, -0.2) is 14.3 Å². The first kappa shape index (κ1) is 17.0. The lowest BCUT2D eigenvalue weighted by Gasteiger charge is -2.31. The molecule has 0 saturated heterocycles. The molecule has 2 aliphatic rings. The molecule has 2 heterocycles. The Morgan fingerprint density at radius 1 is 1.25 bits per heavy atom. The van der Waals surface area contributed by atoms with Crippen LogP contribution in [0.4, 0.5) is 4.79 Å². The number of hydrogen-bond acceptors (Lipinski definition) is 3. The van der Waals surface area contributed by atoms with Crippen LogP contribution in [0.3, 0.4) is 0 Å². The number of carbonyl (C=O) groups is 1. The highest BCUT2D eigenvalue weighted by atomic mass is 16.2. The fraction of sp³-hybridized carbons (Fsp3) is 0.824. The smallest absolute Gasteiger partial charge is 0.338 e. The number of hydrogen-bond donors (Lipinski definition) is 1. The average molecular weight is 335 g/mol. The molecular weight excluding hydrogens is 306 g/mol. The lowest BCUT2D eigenvalue weighted by Crippen LogP contribution is -2.44. The molecule has 0 spiro atoms. The number of amides is 2. The molecule has 0 bridgehead atoms. The summed E-state index contributed by atoms with van der Waals surface area (Å²) in [6, 6.07) is 0.375. The van der Waals surface area contributed by atoms with Crippen molar-refractivity contribution in [3.8, 4) is 0 Å². The van der Waals surface area contributed by atoms with Crippen molar-refractivity contribution >= 4 is 6.03 Å². The van der Waals surface area contributed by atoms with Gasteiger partial charge in [0.05, 0.1) is 0 Å². The molecule has 0 radical (unpaired) electrons. The molecule has 0 unspecified atom stereocenters. The minimum absolute atomic E-state index is 0.00150. The standard InChI is InChI=1S/C17H29N5O2/c1-20(14-8-3-2-4-9-14)16(23)18-11-7-13-22-17(24)21-12-6-5-10-15(21)19-22/h14H,2-13H2,1H3,(H,18,23). The first-order valence-electron chi connectivity index (χ1n) is 9.34. The van der Waals surface area contributed by atoms with E-state index in [1.807, 2.05) is 11.9 Å². The van der Waals surface area contributed by atoms with Crippen LogP contribution in [0.2, 0.25) is 0 Å². The topological polar surface area (TPSA) is 72.2 Å². The van der Waals surface area contributed by atoms with Crippen LogP contribution in [0.5, 0.6) is 0 Å². The first-order chi connectivity index (χ1) is 11.7. The first-order valence-corrected chi connectivity index (χ1v) is 9.34. The van der Waals surface area contributed by atoms with Gasteiger partial charge in [0.25, 0.3) is 0 Å². The van der Waals surface area contributed by atoms with Gasteiger partial charge in [-0.1, -0.05) is 19.3 Å². The number of nitrogens with zero attached hydrogens (tertiary/aromatic N) is 4. The van der Waals surface area contributed by atoms with E-state index in [-0.39, 0.29) is 11.7 Å². The quantitative estimate of drug-likeness (QED) is 0.833. The summed E-state index contributed by atoms with van der Waals surface area (Å²) >= 11 is 0. The third kappa shape index (κ3) is 3.82. The van der Waals surface area contributed by atoms with E-state index in [0.29, 0.717) is 19.1 Å². The molecule has 1 aliphatic carbocycles. The molecule has 7 heteroatoms. The number of urea groups is 1. The van der Waals surface area contributed by atoms with Gasteiger partial charge in [-0.15, -0.1) is 0 Å². The summed E-state index contributed by atoms with van der Waals surface area (Å²) in [5, 5.41) is 7.39. The molecule has 3 rings (SSSR count). The van der Waals surface area contributed by atoms with E-state index in [2.05, 4.69) is 10.4 Å². The normalized spacial score (nSPS) is 18.2. The van der Waals surface area contributed by atoms with E-state index in [9.17, 15) is 9.59 Å². The number of aryl methyl sites for hydroxylation is 2. The predicted molar refractivity (Wildman–Crippen MR) is 92.1 cm³/mol. The summed E-state index contributed by atoms with van der Waals surface area (Å²) in [5.74, 6) is 0.910. The fourth-order valence-electron chi connectivity index (χ4n) is 3.78. The number of rotatable bonds is 5. The lowest BCUT2D eigenvalue weighted by molar-refractivity contribution is 0.173. The van der Waals surface area contributed by atoms with Gasteiger partial charge < -0.3 is 10.2 Å². The van der Waals surface area contributed by atoms with Crippen LogP contribution in [0.25, 0.3) is 0 Å². The highest BCUT2D eigenvalue weighted by Crippen LogP contribution is 2.21. The van der Waals surface area contributed by atoms with Crippen molar-refractivity contribution in [1.82, 2.24) is 24.6 Å². The largest absolute Gasteiger partial charge is 0.345 e. The van der Waals surface area contributed by atoms with Crippen molar-refractivity contribution < 1.29 is 4.79 Å². The van der Waals surface area contributed by atoms with E-state index in [4.69, 9.17) is 0 Å². The zero-order valence-electron chi connectivity index (χ0n) is 14.7. The van der Waals surface area contributed by atoms with Crippen molar-refractivity contribution in [3.63, 3.8) is 0 Å². The van der Waals surface area contributed by atoms with Crippen molar-refractivity contribution in [2.24, 2.45) is 0 Å².